The lowest BCUT2D eigenvalue weighted by Gasteiger charge is -2.14. The van der Waals surface area contributed by atoms with Gasteiger partial charge in [-0.25, -0.2) is 9.59 Å². The minimum atomic E-state index is -5.78. The molecule has 0 aliphatic carbocycles. The average molecular weight is 668 g/mol. The van der Waals surface area contributed by atoms with Gasteiger partial charge < -0.3 is 14.6 Å². The first-order valence-corrected chi connectivity index (χ1v) is 11.4. The molecule has 30 heavy (non-hydrogen) atoms. The molecule has 0 aliphatic heterocycles. The van der Waals surface area contributed by atoms with Crippen molar-refractivity contribution in [1.29, 1.82) is 0 Å². The van der Waals surface area contributed by atoms with E-state index in [2.05, 4.69) is 4.74 Å². The summed E-state index contributed by atoms with van der Waals surface area (Å²) in [7, 11) is -5.78. The Bertz CT molecular complexity index is 1090. The van der Waals surface area contributed by atoms with Crippen LogP contribution in [-0.2, 0) is 26.2 Å². The lowest BCUT2D eigenvalue weighted by atomic mass is 10.1. The molecule has 0 aliphatic rings. The number of carbonyl (C=O) groups excluding carboxylic acids is 2. The first-order chi connectivity index (χ1) is 13.8. The average Bonchev–Trinajstić information content (AvgIpc) is 2.66. The van der Waals surface area contributed by atoms with Crippen LogP contribution in [0.5, 0.6) is 5.75 Å². The summed E-state index contributed by atoms with van der Waals surface area (Å²) in [6.07, 6.45) is 0. The number of hydrogen-bond acceptors (Lipinski definition) is 7. The van der Waals surface area contributed by atoms with Crippen molar-refractivity contribution >= 4 is 67.2 Å². The Labute approximate surface area is 196 Å². The van der Waals surface area contributed by atoms with Crippen LogP contribution in [0.1, 0.15) is 26.3 Å². The zero-order chi connectivity index (χ0) is 22.7. The van der Waals surface area contributed by atoms with E-state index < -0.39 is 39.5 Å². The van der Waals surface area contributed by atoms with E-state index >= 15 is 0 Å². The number of hydrogen-bond donors (Lipinski definition) is 2. The molecule has 0 bridgehead atoms. The molecule has 0 saturated heterocycles. The Balaban J connectivity index is 2.16. The highest BCUT2D eigenvalue weighted by Gasteiger charge is 2.45. The van der Waals surface area contributed by atoms with Crippen LogP contribution in [0.4, 0.5) is 8.78 Å². The quantitative estimate of drug-likeness (QED) is 0.261. The number of benzene rings is 2. The van der Waals surface area contributed by atoms with Gasteiger partial charge >= 0.3 is 27.3 Å². The van der Waals surface area contributed by atoms with Crippen molar-refractivity contribution in [3.63, 3.8) is 0 Å². The maximum absolute atomic E-state index is 13.2. The van der Waals surface area contributed by atoms with Gasteiger partial charge in [0.1, 0.15) is 12.4 Å². The minimum Gasteiger partial charge on any atom is -0.506 e. The molecule has 0 spiro atoms. The number of aromatic hydroxyl groups is 1. The summed E-state index contributed by atoms with van der Waals surface area (Å²) >= 11 is 3.91. The van der Waals surface area contributed by atoms with Crippen LogP contribution >= 0.6 is 45.2 Å². The van der Waals surface area contributed by atoms with E-state index in [-0.39, 0.29) is 17.9 Å². The molecule has 162 valence electrons. The van der Waals surface area contributed by atoms with Crippen LogP contribution in [0.3, 0.4) is 0 Å². The number of rotatable bonds is 7. The smallest absolute Gasteiger partial charge is 0.402 e. The van der Waals surface area contributed by atoms with Crippen LogP contribution in [0.2, 0.25) is 0 Å². The van der Waals surface area contributed by atoms with Crippen molar-refractivity contribution in [2.75, 3.05) is 6.61 Å². The fourth-order valence-corrected chi connectivity index (χ4v) is 4.26. The summed E-state index contributed by atoms with van der Waals surface area (Å²) in [6, 6.07) is 8.26. The number of ether oxygens (including phenoxy) is 2. The van der Waals surface area contributed by atoms with Gasteiger partial charge in [0, 0.05) is 9.13 Å². The number of carbonyl (C=O) groups is 2. The fourth-order valence-electron chi connectivity index (χ4n) is 2.09. The molecule has 2 N–H and O–H groups in total. The topological polar surface area (TPSA) is 127 Å². The predicted octanol–water partition coefficient (Wildman–Crippen LogP) is 3.60. The van der Waals surface area contributed by atoms with E-state index in [0.717, 1.165) is 9.64 Å². The molecule has 0 radical (unpaired) electrons. The normalized spacial score (nSPS) is 11.8. The van der Waals surface area contributed by atoms with Crippen LogP contribution in [0.25, 0.3) is 0 Å². The molecule has 2 aromatic carbocycles. The highest BCUT2D eigenvalue weighted by atomic mass is 127. The van der Waals surface area contributed by atoms with Crippen molar-refractivity contribution in [3.8, 4) is 5.75 Å². The number of halogens is 4. The zero-order valence-corrected chi connectivity index (χ0v) is 19.8. The highest BCUT2D eigenvalue weighted by Crippen LogP contribution is 2.28. The number of phenolic OH excluding ortho intramolecular Hbond substituents is 1. The summed E-state index contributed by atoms with van der Waals surface area (Å²) in [4.78, 5) is 24.5. The summed E-state index contributed by atoms with van der Waals surface area (Å²) in [5, 5.41) is 5.33. The number of phenols is 1. The van der Waals surface area contributed by atoms with Crippen molar-refractivity contribution < 1.29 is 45.9 Å². The lowest BCUT2D eigenvalue weighted by molar-refractivity contribution is -0.00969. The molecule has 0 saturated carbocycles. The van der Waals surface area contributed by atoms with Gasteiger partial charge in [-0.1, -0.05) is 12.1 Å². The maximum atomic E-state index is 13.2. The third kappa shape index (κ3) is 5.98. The van der Waals surface area contributed by atoms with Gasteiger partial charge in [-0.05, 0) is 69.4 Å². The fraction of sp³-hybridized carbons (Fsp3) is 0.176. The third-order valence-corrected chi connectivity index (χ3v) is 5.90. The Hall–Kier alpha value is -1.59. The second-order valence-electron chi connectivity index (χ2n) is 5.71. The summed E-state index contributed by atoms with van der Waals surface area (Å²) in [5.74, 6) is -2.50. The van der Waals surface area contributed by atoms with E-state index in [1.54, 1.807) is 12.1 Å². The highest BCUT2D eigenvalue weighted by molar-refractivity contribution is 14.1. The summed E-state index contributed by atoms with van der Waals surface area (Å²) in [5.41, 5.74) is -0.458. The van der Waals surface area contributed by atoms with Gasteiger partial charge in [-0.3, -0.25) is 4.55 Å². The van der Waals surface area contributed by atoms with Crippen molar-refractivity contribution in [3.05, 3.63) is 60.2 Å². The third-order valence-electron chi connectivity index (χ3n) is 3.58. The van der Waals surface area contributed by atoms with E-state index in [4.69, 9.17) is 9.29 Å². The Morgan fingerprint density at radius 3 is 2.10 bits per heavy atom. The van der Waals surface area contributed by atoms with Gasteiger partial charge in [-0.2, -0.15) is 17.2 Å². The molecule has 2 rings (SSSR count). The first-order valence-electron chi connectivity index (χ1n) is 7.78. The molecule has 13 heteroatoms. The largest absolute Gasteiger partial charge is 0.506 e. The second-order valence-corrected chi connectivity index (χ2v) is 9.66. The predicted molar refractivity (Wildman–Crippen MR) is 116 cm³/mol. The van der Waals surface area contributed by atoms with E-state index in [0.29, 0.717) is 9.13 Å². The SMILES string of the molecule is O=C(OCc1cc(I)cc(I)c1O)c1ccccc1C(=O)OCC(F)(F)S(=O)(=O)O. The Morgan fingerprint density at radius 2 is 1.57 bits per heavy atom. The van der Waals surface area contributed by atoms with E-state index in [9.17, 15) is 31.9 Å². The van der Waals surface area contributed by atoms with Crippen LogP contribution in [0, 0.1) is 7.14 Å². The standard InChI is InChI=1S/C17H12F2I2O8S/c18-17(19,30(25,26)27)8-29-16(24)12-4-2-1-3-11(12)15(23)28-7-9-5-10(20)6-13(21)14(9)22/h1-6,22H,7-8H2,(H,25,26,27). The monoisotopic (exact) mass is 668 g/mol. The molecular weight excluding hydrogens is 656 g/mol. The number of alkyl halides is 2. The summed E-state index contributed by atoms with van der Waals surface area (Å²) < 4.78 is 66.8. The molecule has 0 unspecified atom stereocenters. The van der Waals surface area contributed by atoms with Gasteiger partial charge in [0.05, 0.1) is 14.7 Å². The van der Waals surface area contributed by atoms with E-state index in [1.807, 2.05) is 45.2 Å². The van der Waals surface area contributed by atoms with Gasteiger partial charge in [0.25, 0.3) is 0 Å². The summed E-state index contributed by atoms with van der Waals surface area (Å²) in [6.45, 7) is -2.27. The molecule has 0 amide bonds. The van der Waals surface area contributed by atoms with Crippen LogP contribution < -0.4 is 0 Å². The van der Waals surface area contributed by atoms with Gasteiger partial charge in [-0.15, -0.1) is 0 Å². The zero-order valence-electron chi connectivity index (χ0n) is 14.6. The maximum Gasteiger partial charge on any atom is 0.402 e. The molecule has 0 fully saturated rings. The number of esters is 2. The van der Waals surface area contributed by atoms with Crippen molar-refractivity contribution in [2.45, 2.75) is 11.9 Å². The van der Waals surface area contributed by atoms with E-state index in [1.165, 1.54) is 18.2 Å². The minimum absolute atomic E-state index is 0.0797. The molecule has 8 nitrogen and oxygen atoms in total. The van der Waals surface area contributed by atoms with Crippen LogP contribution in [0.15, 0.2) is 36.4 Å². The van der Waals surface area contributed by atoms with Crippen LogP contribution in [-0.4, -0.2) is 41.9 Å². The lowest BCUT2D eigenvalue weighted by Crippen LogP contribution is -2.34. The Morgan fingerprint density at radius 1 is 1.03 bits per heavy atom. The molecule has 0 atom stereocenters. The molecule has 2 aromatic rings. The van der Waals surface area contributed by atoms with Gasteiger partial charge in [0.2, 0.25) is 0 Å². The van der Waals surface area contributed by atoms with Gasteiger partial charge in [0.15, 0.2) is 6.61 Å². The molecule has 0 heterocycles. The molecule has 0 aromatic heterocycles. The van der Waals surface area contributed by atoms with Crippen molar-refractivity contribution in [2.24, 2.45) is 0 Å². The first kappa shape index (κ1) is 24.7. The second kappa shape index (κ2) is 9.69. The Kier molecular flexibility index (Phi) is 7.97. The molecular formula is C17H12F2I2O8S. The van der Waals surface area contributed by atoms with Crippen molar-refractivity contribution in [1.82, 2.24) is 0 Å².